The van der Waals surface area contributed by atoms with Gasteiger partial charge < -0.3 is 10.2 Å². The molecule has 1 aromatic heterocycles. The molecule has 0 aliphatic carbocycles. The first-order chi connectivity index (χ1) is 15.3. The van der Waals surface area contributed by atoms with Crippen LogP contribution >= 0.6 is 36.6 Å². The number of thioether (sulfide) groups is 1. The van der Waals surface area contributed by atoms with Gasteiger partial charge in [0.1, 0.15) is 0 Å². The fourth-order valence-electron chi connectivity index (χ4n) is 4.55. The highest BCUT2D eigenvalue weighted by atomic mass is 35.5. The summed E-state index contributed by atoms with van der Waals surface area (Å²) >= 11 is 1.53. The second kappa shape index (κ2) is 11.9. The van der Waals surface area contributed by atoms with Crippen molar-refractivity contribution in [1.29, 1.82) is 0 Å². The molecule has 2 N–H and O–H groups in total. The largest absolute Gasteiger partial charge is 0.352 e. The lowest BCUT2D eigenvalue weighted by Gasteiger charge is -2.32. The van der Waals surface area contributed by atoms with Gasteiger partial charge in [-0.2, -0.15) is 5.10 Å². The summed E-state index contributed by atoms with van der Waals surface area (Å²) in [7, 11) is 0. The molecule has 3 aromatic rings. The van der Waals surface area contributed by atoms with E-state index >= 15 is 0 Å². The van der Waals surface area contributed by atoms with Crippen LogP contribution in [0.4, 0.5) is 0 Å². The molecule has 0 saturated carbocycles. The van der Waals surface area contributed by atoms with Crippen LogP contribution in [-0.4, -0.2) is 47.2 Å². The summed E-state index contributed by atoms with van der Waals surface area (Å²) in [6.07, 6.45) is 6.53. The van der Waals surface area contributed by atoms with Crippen LogP contribution in [0, 0.1) is 5.92 Å². The number of hydrogen-bond donors (Lipinski definition) is 2. The lowest BCUT2D eigenvalue weighted by Crippen LogP contribution is -2.36. The minimum atomic E-state index is 0. The third kappa shape index (κ3) is 6.12. The van der Waals surface area contributed by atoms with Gasteiger partial charge in [-0.05, 0) is 68.5 Å². The zero-order valence-electron chi connectivity index (χ0n) is 18.5. The zero-order valence-corrected chi connectivity index (χ0v) is 20.9. The number of carbonyl (C=O) groups excluding carboxylic acids is 1. The molecule has 8 heteroatoms. The Morgan fingerprint density at radius 1 is 1.09 bits per heavy atom. The van der Waals surface area contributed by atoms with Gasteiger partial charge in [0.2, 0.25) is 0 Å². The minimum absolute atomic E-state index is 0. The van der Waals surface area contributed by atoms with Crippen molar-refractivity contribution in [1.82, 2.24) is 20.4 Å². The molecule has 0 spiro atoms. The van der Waals surface area contributed by atoms with E-state index < -0.39 is 0 Å². The standard InChI is InChI=1S/C25H28N4OS.2ClH/c30-25(23-17-21-24-20(27-28-21)7-4-8-22(24)31-23)26-13-9-19-11-15-29(16-12-19)14-10-18-5-2-1-3-6-18;;/h1-8,17,19H,9-16H2,(H,26,30)(H,27,28);2*1H. The number of rotatable bonds is 7. The Labute approximate surface area is 211 Å². The van der Waals surface area contributed by atoms with Gasteiger partial charge in [0.25, 0.3) is 5.91 Å². The van der Waals surface area contributed by atoms with E-state index in [4.69, 9.17) is 0 Å². The van der Waals surface area contributed by atoms with Crippen molar-refractivity contribution >= 4 is 59.5 Å². The Hall–Kier alpha value is -1.99. The maximum Gasteiger partial charge on any atom is 0.258 e. The molecule has 1 saturated heterocycles. The predicted octanol–water partition coefficient (Wildman–Crippen LogP) is 5.31. The number of H-pyrrole nitrogens is 1. The predicted molar refractivity (Wildman–Crippen MR) is 141 cm³/mol. The number of amides is 1. The van der Waals surface area contributed by atoms with Crippen molar-refractivity contribution in [3.05, 3.63) is 64.7 Å². The van der Waals surface area contributed by atoms with E-state index in [9.17, 15) is 4.79 Å². The van der Waals surface area contributed by atoms with Gasteiger partial charge in [-0.15, -0.1) is 24.8 Å². The van der Waals surface area contributed by atoms with Crippen molar-refractivity contribution in [2.75, 3.05) is 26.2 Å². The van der Waals surface area contributed by atoms with Crippen LogP contribution in [0.2, 0.25) is 0 Å². The molecule has 5 rings (SSSR count). The fraction of sp³-hybridized carbons (Fsp3) is 0.360. The number of likely N-dealkylation sites (tertiary alicyclic amines) is 1. The number of aromatic amines is 1. The van der Waals surface area contributed by atoms with Crippen molar-refractivity contribution in [3.63, 3.8) is 0 Å². The molecule has 1 amide bonds. The van der Waals surface area contributed by atoms with Crippen molar-refractivity contribution < 1.29 is 4.79 Å². The molecule has 2 aliphatic heterocycles. The highest BCUT2D eigenvalue weighted by molar-refractivity contribution is 8.04. The third-order valence-electron chi connectivity index (χ3n) is 6.40. The zero-order chi connectivity index (χ0) is 21.0. The van der Waals surface area contributed by atoms with E-state index in [2.05, 4.69) is 56.8 Å². The van der Waals surface area contributed by atoms with Crippen LogP contribution in [0.1, 0.15) is 30.5 Å². The molecule has 1 fully saturated rings. The van der Waals surface area contributed by atoms with Gasteiger partial charge in [0.05, 0.1) is 16.1 Å². The molecule has 33 heavy (non-hydrogen) atoms. The summed E-state index contributed by atoms with van der Waals surface area (Å²) in [4.78, 5) is 17.1. The van der Waals surface area contributed by atoms with Crippen LogP contribution in [0.15, 0.2) is 58.3 Å². The Kier molecular flexibility index (Phi) is 9.27. The lowest BCUT2D eigenvalue weighted by molar-refractivity contribution is -0.116. The minimum Gasteiger partial charge on any atom is -0.352 e. The fourth-order valence-corrected chi connectivity index (χ4v) is 5.58. The quantitative estimate of drug-likeness (QED) is 0.457. The highest BCUT2D eigenvalue weighted by Gasteiger charge is 2.22. The Balaban J connectivity index is 0.00000153. The van der Waals surface area contributed by atoms with Gasteiger partial charge in [-0.3, -0.25) is 9.89 Å². The van der Waals surface area contributed by atoms with Crippen LogP contribution in [-0.2, 0) is 11.2 Å². The lowest BCUT2D eigenvalue weighted by atomic mass is 9.93. The number of aromatic nitrogens is 2. The average Bonchev–Trinajstić information content (AvgIpc) is 3.24. The van der Waals surface area contributed by atoms with Gasteiger partial charge in [0, 0.05) is 23.4 Å². The van der Waals surface area contributed by atoms with Crippen molar-refractivity contribution in [2.24, 2.45) is 5.92 Å². The van der Waals surface area contributed by atoms with E-state index in [1.807, 2.05) is 18.2 Å². The molecule has 0 radical (unpaired) electrons. The topological polar surface area (TPSA) is 61.0 Å². The first kappa shape index (κ1) is 25.6. The second-order valence-electron chi connectivity index (χ2n) is 8.46. The molecule has 176 valence electrons. The Morgan fingerprint density at radius 3 is 2.67 bits per heavy atom. The SMILES string of the molecule is Cl.Cl.O=C(NCCC1CCN(CCc2ccccc2)CC1)C1=Cc2n[nH]c3cccc(c23)S1. The van der Waals surface area contributed by atoms with Gasteiger partial charge >= 0.3 is 0 Å². The van der Waals surface area contributed by atoms with E-state index in [0.29, 0.717) is 5.92 Å². The number of carbonyl (C=O) groups is 1. The molecular formula is C25H30Cl2N4OS. The highest BCUT2D eigenvalue weighted by Crippen LogP contribution is 2.39. The van der Waals surface area contributed by atoms with Crippen LogP contribution in [0.5, 0.6) is 0 Å². The third-order valence-corrected chi connectivity index (χ3v) is 7.48. The smallest absolute Gasteiger partial charge is 0.258 e. The van der Waals surface area contributed by atoms with E-state index in [1.165, 1.54) is 43.3 Å². The Bertz CT molecular complexity index is 1090. The molecule has 2 aliphatic rings. The summed E-state index contributed by atoms with van der Waals surface area (Å²) in [6.45, 7) is 4.21. The first-order valence-corrected chi connectivity index (χ1v) is 12.0. The van der Waals surface area contributed by atoms with E-state index in [1.54, 1.807) is 0 Å². The number of benzene rings is 2. The van der Waals surface area contributed by atoms with E-state index in [-0.39, 0.29) is 30.7 Å². The summed E-state index contributed by atoms with van der Waals surface area (Å²) < 4.78 is 0. The second-order valence-corrected chi connectivity index (χ2v) is 9.55. The molecule has 0 bridgehead atoms. The number of piperidine rings is 1. The van der Waals surface area contributed by atoms with Crippen LogP contribution < -0.4 is 5.32 Å². The molecule has 0 unspecified atom stereocenters. The summed E-state index contributed by atoms with van der Waals surface area (Å²) in [5.41, 5.74) is 3.30. The average molecular weight is 506 g/mol. The summed E-state index contributed by atoms with van der Waals surface area (Å²) in [6, 6.07) is 16.8. The number of hydrogen-bond acceptors (Lipinski definition) is 4. The van der Waals surface area contributed by atoms with Crippen LogP contribution in [0.3, 0.4) is 0 Å². The Morgan fingerprint density at radius 2 is 1.88 bits per heavy atom. The van der Waals surface area contributed by atoms with Crippen molar-refractivity contribution in [2.45, 2.75) is 30.6 Å². The molecule has 2 aromatic carbocycles. The number of nitrogens with zero attached hydrogens (tertiary/aromatic N) is 2. The molecule has 3 heterocycles. The molecule has 0 atom stereocenters. The molecular weight excluding hydrogens is 475 g/mol. The maximum atomic E-state index is 12.7. The monoisotopic (exact) mass is 504 g/mol. The summed E-state index contributed by atoms with van der Waals surface area (Å²) in [5, 5.41) is 11.6. The maximum absolute atomic E-state index is 12.7. The number of halogens is 2. The molecule has 5 nitrogen and oxygen atoms in total. The van der Waals surface area contributed by atoms with E-state index in [0.717, 1.165) is 52.3 Å². The first-order valence-electron chi connectivity index (χ1n) is 11.2. The van der Waals surface area contributed by atoms with Gasteiger partial charge in [-0.25, -0.2) is 0 Å². The summed E-state index contributed by atoms with van der Waals surface area (Å²) in [5.74, 6) is 0.712. The van der Waals surface area contributed by atoms with Gasteiger partial charge in [-0.1, -0.05) is 48.2 Å². The number of nitrogens with one attached hydrogen (secondary N) is 2. The normalized spacial score (nSPS) is 15.9. The van der Waals surface area contributed by atoms with Gasteiger partial charge in [0.15, 0.2) is 0 Å². The van der Waals surface area contributed by atoms with Crippen LogP contribution in [0.25, 0.3) is 17.0 Å². The van der Waals surface area contributed by atoms with Crippen molar-refractivity contribution in [3.8, 4) is 0 Å².